The van der Waals surface area contributed by atoms with E-state index in [4.69, 9.17) is 0 Å². The molecule has 0 amide bonds. The zero-order valence-electron chi connectivity index (χ0n) is 13.3. The molecule has 0 fully saturated rings. The Morgan fingerprint density at radius 2 is 1.84 bits per heavy atom. The lowest BCUT2D eigenvalue weighted by atomic mass is 10.1. The van der Waals surface area contributed by atoms with Gasteiger partial charge < -0.3 is 10.4 Å². The van der Waals surface area contributed by atoms with E-state index in [1.165, 1.54) is 24.4 Å². The van der Waals surface area contributed by atoms with E-state index in [1.807, 2.05) is 0 Å². The Labute approximate surface area is 142 Å². The van der Waals surface area contributed by atoms with E-state index in [0.29, 0.717) is 11.4 Å². The molecule has 0 saturated heterocycles. The molecule has 0 spiro atoms. The minimum atomic E-state index is -1.04. The average Bonchev–Trinajstić information content (AvgIpc) is 2.60. The van der Waals surface area contributed by atoms with Crippen LogP contribution in [0.3, 0.4) is 0 Å². The van der Waals surface area contributed by atoms with E-state index in [0.717, 1.165) is 11.6 Å². The van der Waals surface area contributed by atoms with Crippen LogP contribution in [0.1, 0.15) is 15.9 Å². The Kier molecular flexibility index (Phi) is 4.43. The standard InChI is InChI=1S/C19H14F2N2O2/c1-11-4-2-6-14(19(24)25)18(11)23-12-8-9-16(22-10-12)13-5-3-7-15(20)17(13)21/h2-10,23H,1H3,(H,24,25). The van der Waals surface area contributed by atoms with Gasteiger partial charge in [0.05, 0.1) is 28.8 Å². The summed E-state index contributed by atoms with van der Waals surface area (Å²) in [5, 5.41) is 12.3. The third-order valence-corrected chi connectivity index (χ3v) is 3.76. The number of para-hydroxylation sites is 1. The largest absolute Gasteiger partial charge is 0.478 e. The molecular formula is C19H14F2N2O2. The average molecular weight is 340 g/mol. The van der Waals surface area contributed by atoms with Gasteiger partial charge in [0.2, 0.25) is 0 Å². The molecule has 0 bridgehead atoms. The highest BCUT2D eigenvalue weighted by atomic mass is 19.2. The number of nitrogens with one attached hydrogen (secondary N) is 1. The van der Waals surface area contributed by atoms with E-state index in [1.54, 1.807) is 31.2 Å². The number of pyridine rings is 1. The van der Waals surface area contributed by atoms with Crippen molar-refractivity contribution in [3.8, 4) is 11.3 Å². The zero-order valence-corrected chi connectivity index (χ0v) is 13.3. The molecule has 3 aromatic rings. The quantitative estimate of drug-likeness (QED) is 0.718. The molecule has 25 heavy (non-hydrogen) atoms. The van der Waals surface area contributed by atoms with E-state index in [2.05, 4.69) is 10.3 Å². The first-order valence-electron chi connectivity index (χ1n) is 7.47. The van der Waals surface area contributed by atoms with Crippen LogP contribution in [0, 0.1) is 18.6 Å². The molecule has 0 saturated carbocycles. The number of hydrogen-bond acceptors (Lipinski definition) is 3. The number of carboxylic acid groups (broad SMARTS) is 1. The molecule has 2 N–H and O–H groups in total. The van der Waals surface area contributed by atoms with Gasteiger partial charge in [-0.3, -0.25) is 4.98 Å². The third-order valence-electron chi connectivity index (χ3n) is 3.76. The molecule has 0 radical (unpaired) electrons. The van der Waals surface area contributed by atoms with Crippen LogP contribution in [-0.4, -0.2) is 16.1 Å². The fourth-order valence-corrected chi connectivity index (χ4v) is 2.48. The van der Waals surface area contributed by atoms with Crippen molar-refractivity contribution >= 4 is 17.3 Å². The van der Waals surface area contributed by atoms with Gasteiger partial charge >= 0.3 is 5.97 Å². The summed E-state index contributed by atoms with van der Waals surface area (Å²) in [6.45, 7) is 1.79. The van der Waals surface area contributed by atoms with Gasteiger partial charge in [0.1, 0.15) is 0 Å². The van der Waals surface area contributed by atoms with Crippen molar-refractivity contribution in [2.45, 2.75) is 6.92 Å². The van der Waals surface area contributed by atoms with Crippen LogP contribution < -0.4 is 5.32 Å². The van der Waals surface area contributed by atoms with Crippen LogP contribution in [0.5, 0.6) is 0 Å². The van der Waals surface area contributed by atoms with Gasteiger partial charge in [-0.2, -0.15) is 0 Å². The molecular weight excluding hydrogens is 326 g/mol. The number of aromatic carboxylic acids is 1. The molecule has 2 aromatic carbocycles. The van der Waals surface area contributed by atoms with Crippen LogP contribution in [0.15, 0.2) is 54.7 Å². The number of benzene rings is 2. The van der Waals surface area contributed by atoms with Gasteiger partial charge in [-0.15, -0.1) is 0 Å². The molecule has 126 valence electrons. The molecule has 0 aliphatic heterocycles. The van der Waals surface area contributed by atoms with Crippen molar-refractivity contribution in [2.75, 3.05) is 5.32 Å². The van der Waals surface area contributed by atoms with Crippen LogP contribution in [0.2, 0.25) is 0 Å². The summed E-state index contributed by atoms with van der Waals surface area (Å²) in [6.07, 6.45) is 1.44. The SMILES string of the molecule is Cc1cccc(C(=O)O)c1Nc1ccc(-c2cccc(F)c2F)nc1. The summed E-state index contributed by atoms with van der Waals surface area (Å²) in [6, 6.07) is 12.0. The van der Waals surface area contributed by atoms with Crippen molar-refractivity contribution in [3.05, 3.63) is 77.5 Å². The number of nitrogens with zero attached hydrogens (tertiary/aromatic N) is 1. The molecule has 1 heterocycles. The molecule has 1 aromatic heterocycles. The van der Waals surface area contributed by atoms with Gasteiger partial charge in [-0.25, -0.2) is 13.6 Å². The predicted molar refractivity (Wildman–Crippen MR) is 91.0 cm³/mol. The Morgan fingerprint density at radius 1 is 1.08 bits per heavy atom. The smallest absolute Gasteiger partial charge is 0.337 e. The summed E-state index contributed by atoms with van der Waals surface area (Å²) < 4.78 is 27.2. The lowest BCUT2D eigenvalue weighted by Crippen LogP contribution is -2.04. The first kappa shape index (κ1) is 16.6. The zero-order chi connectivity index (χ0) is 18.0. The molecule has 0 atom stereocenters. The summed E-state index contributed by atoms with van der Waals surface area (Å²) >= 11 is 0. The number of carboxylic acids is 1. The summed E-state index contributed by atoms with van der Waals surface area (Å²) in [4.78, 5) is 15.5. The summed E-state index contributed by atoms with van der Waals surface area (Å²) in [7, 11) is 0. The number of aryl methyl sites for hydroxylation is 1. The van der Waals surface area contributed by atoms with E-state index >= 15 is 0 Å². The number of aromatic nitrogens is 1. The molecule has 0 unspecified atom stereocenters. The summed E-state index contributed by atoms with van der Waals surface area (Å²) in [5.74, 6) is -2.94. The fourth-order valence-electron chi connectivity index (χ4n) is 2.48. The van der Waals surface area contributed by atoms with Gasteiger partial charge in [0.25, 0.3) is 0 Å². The molecule has 0 aliphatic carbocycles. The normalized spacial score (nSPS) is 10.5. The maximum atomic E-state index is 13.8. The van der Waals surface area contributed by atoms with Crippen molar-refractivity contribution in [3.63, 3.8) is 0 Å². The van der Waals surface area contributed by atoms with Crippen molar-refractivity contribution in [1.29, 1.82) is 0 Å². The molecule has 0 aliphatic rings. The summed E-state index contributed by atoms with van der Waals surface area (Å²) in [5.41, 5.74) is 2.25. The van der Waals surface area contributed by atoms with E-state index < -0.39 is 17.6 Å². The van der Waals surface area contributed by atoms with Gasteiger partial charge in [-0.05, 0) is 42.8 Å². The predicted octanol–water partition coefficient (Wildman–Crippen LogP) is 4.78. The van der Waals surface area contributed by atoms with Crippen LogP contribution in [0.4, 0.5) is 20.2 Å². The minimum absolute atomic E-state index is 0.0636. The highest BCUT2D eigenvalue weighted by Crippen LogP contribution is 2.27. The monoisotopic (exact) mass is 340 g/mol. The number of hydrogen-bond donors (Lipinski definition) is 2. The second kappa shape index (κ2) is 6.68. The third kappa shape index (κ3) is 3.33. The van der Waals surface area contributed by atoms with Crippen LogP contribution in [0.25, 0.3) is 11.3 Å². The van der Waals surface area contributed by atoms with Crippen molar-refractivity contribution in [2.24, 2.45) is 0 Å². The second-order valence-electron chi connectivity index (χ2n) is 5.46. The lowest BCUT2D eigenvalue weighted by molar-refractivity contribution is 0.0698. The van der Waals surface area contributed by atoms with Gasteiger partial charge in [0.15, 0.2) is 11.6 Å². The lowest BCUT2D eigenvalue weighted by Gasteiger charge is -2.13. The highest BCUT2D eigenvalue weighted by molar-refractivity contribution is 5.96. The maximum absolute atomic E-state index is 13.8. The molecule has 3 rings (SSSR count). The number of anilines is 2. The van der Waals surface area contributed by atoms with Crippen LogP contribution in [-0.2, 0) is 0 Å². The Bertz CT molecular complexity index is 941. The number of rotatable bonds is 4. The Balaban J connectivity index is 1.92. The van der Waals surface area contributed by atoms with E-state index in [-0.39, 0.29) is 16.8 Å². The molecule has 4 nitrogen and oxygen atoms in total. The first-order chi connectivity index (χ1) is 12.0. The van der Waals surface area contributed by atoms with Gasteiger partial charge in [0, 0.05) is 5.56 Å². The number of carbonyl (C=O) groups is 1. The fraction of sp³-hybridized carbons (Fsp3) is 0.0526. The van der Waals surface area contributed by atoms with Crippen molar-refractivity contribution < 1.29 is 18.7 Å². The topological polar surface area (TPSA) is 62.2 Å². The Hall–Kier alpha value is -3.28. The Morgan fingerprint density at radius 3 is 2.52 bits per heavy atom. The molecule has 6 heteroatoms. The van der Waals surface area contributed by atoms with Crippen LogP contribution >= 0.6 is 0 Å². The maximum Gasteiger partial charge on any atom is 0.337 e. The highest BCUT2D eigenvalue weighted by Gasteiger charge is 2.13. The minimum Gasteiger partial charge on any atom is -0.478 e. The number of halogens is 2. The van der Waals surface area contributed by atoms with E-state index in [9.17, 15) is 18.7 Å². The van der Waals surface area contributed by atoms with Gasteiger partial charge in [-0.1, -0.05) is 18.2 Å². The second-order valence-corrected chi connectivity index (χ2v) is 5.46. The first-order valence-corrected chi connectivity index (χ1v) is 7.47. The van der Waals surface area contributed by atoms with Crippen molar-refractivity contribution in [1.82, 2.24) is 4.98 Å².